The van der Waals surface area contributed by atoms with E-state index in [9.17, 15) is 4.39 Å². The number of rotatable bonds is 4. The highest BCUT2D eigenvalue weighted by Gasteiger charge is 2.12. The molecule has 1 rings (SSSR count). The molecule has 0 saturated carbocycles. The molecule has 0 amide bonds. The number of hydrogen-bond acceptors (Lipinski definition) is 2. The standard InChI is InChI=1S/C11H15FN2O/c1-7(2)6-15-9-5-3-4-8(12)10(9)11(13)14/h3-5,7H,6H2,1-2H3,(H3,13,14). The van der Waals surface area contributed by atoms with Crippen LogP contribution in [0.15, 0.2) is 18.2 Å². The zero-order chi connectivity index (χ0) is 11.4. The van der Waals surface area contributed by atoms with Crippen LogP contribution < -0.4 is 10.5 Å². The summed E-state index contributed by atoms with van der Waals surface area (Å²) in [6, 6.07) is 4.42. The van der Waals surface area contributed by atoms with Crippen LogP contribution in [0.4, 0.5) is 4.39 Å². The average molecular weight is 210 g/mol. The topological polar surface area (TPSA) is 59.1 Å². The van der Waals surface area contributed by atoms with E-state index in [1.165, 1.54) is 12.1 Å². The molecule has 0 unspecified atom stereocenters. The Hall–Kier alpha value is -1.58. The summed E-state index contributed by atoms with van der Waals surface area (Å²) in [4.78, 5) is 0. The molecule has 0 bridgehead atoms. The summed E-state index contributed by atoms with van der Waals surface area (Å²) < 4.78 is 18.7. The number of ether oxygens (including phenoxy) is 1. The molecule has 0 atom stereocenters. The van der Waals surface area contributed by atoms with Crippen LogP contribution in [0, 0.1) is 17.1 Å². The van der Waals surface area contributed by atoms with Gasteiger partial charge in [0.1, 0.15) is 17.4 Å². The summed E-state index contributed by atoms with van der Waals surface area (Å²) in [7, 11) is 0. The molecule has 0 saturated heterocycles. The zero-order valence-electron chi connectivity index (χ0n) is 8.88. The molecule has 4 heteroatoms. The fraction of sp³-hybridized carbons (Fsp3) is 0.364. The number of amidine groups is 1. The van der Waals surface area contributed by atoms with Gasteiger partial charge in [-0.2, -0.15) is 0 Å². The number of nitrogens with one attached hydrogen (secondary N) is 1. The summed E-state index contributed by atoms with van der Waals surface area (Å²) in [6.45, 7) is 4.46. The van der Waals surface area contributed by atoms with Crippen LogP contribution in [0.5, 0.6) is 5.75 Å². The molecule has 3 nitrogen and oxygen atoms in total. The molecule has 0 aromatic heterocycles. The Morgan fingerprint density at radius 3 is 2.73 bits per heavy atom. The van der Waals surface area contributed by atoms with Crippen molar-refractivity contribution in [1.82, 2.24) is 0 Å². The number of nitrogens with two attached hydrogens (primary N) is 1. The molecule has 0 heterocycles. The molecule has 3 N–H and O–H groups in total. The summed E-state index contributed by atoms with van der Waals surface area (Å²) in [6.07, 6.45) is 0. The van der Waals surface area contributed by atoms with Crippen LogP contribution in [-0.2, 0) is 0 Å². The molecule has 0 fully saturated rings. The third kappa shape index (κ3) is 2.94. The fourth-order valence-corrected chi connectivity index (χ4v) is 1.14. The maximum atomic E-state index is 13.3. The van der Waals surface area contributed by atoms with Gasteiger partial charge < -0.3 is 10.5 Å². The second kappa shape index (κ2) is 4.77. The Bertz CT molecular complexity index is 364. The lowest BCUT2D eigenvalue weighted by Gasteiger charge is -2.12. The molecule has 0 aliphatic rings. The highest BCUT2D eigenvalue weighted by Crippen LogP contribution is 2.21. The molecule has 15 heavy (non-hydrogen) atoms. The first-order valence-electron chi connectivity index (χ1n) is 4.78. The second-order valence-corrected chi connectivity index (χ2v) is 3.73. The lowest BCUT2D eigenvalue weighted by molar-refractivity contribution is 0.269. The van der Waals surface area contributed by atoms with E-state index in [4.69, 9.17) is 15.9 Å². The Morgan fingerprint density at radius 1 is 1.53 bits per heavy atom. The van der Waals surface area contributed by atoms with E-state index in [2.05, 4.69) is 0 Å². The molecule has 0 aliphatic carbocycles. The van der Waals surface area contributed by atoms with Crippen LogP contribution in [-0.4, -0.2) is 12.4 Å². The molecule has 0 spiro atoms. The van der Waals surface area contributed by atoms with Crippen molar-refractivity contribution < 1.29 is 9.13 Å². The Balaban J connectivity index is 2.96. The lowest BCUT2D eigenvalue weighted by Crippen LogP contribution is -2.16. The summed E-state index contributed by atoms with van der Waals surface area (Å²) >= 11 is 0. The van der Waals surface area contributed by atoms with E-state index in [0.717, 1.165) is 0 Å². The minimum absolute atomic E-state index is 0.0400. The third-order valence-electron chi connectivity index (χ3n) is 1.82. The zero-order valence-corrected chi connectivity index (χ0v) is 8.88. The largest absolute Gasteiger partial charge is 0.492 e. The van der Waals surface area contributed by atoms with Crippen molar-refractivity contribution in [2.45, 2.75) is 13.8 Å². The smallest absolute Gasteiger partial charge is 0.137 e. The van der Waals surface area contributed by atoms with Crippen molar-refractivity contribution >= 4 is 5.84 Å². The van der Waals surface area contributed by atoms with E-state index in [1.54, 1.807) is 6.07 Å². The molecular formula is C11H15FN2O. The van der Waals surface area contributed by atoms with Crippen molar-refractivity contribution in [2.24, 2.45) is 11.7 Å². The van der Waals surface area contributed by atoms with Crippen LogP contribution in [0.2, 0.25) is 0 Å². The molecule has 82 valence electrons. The minimum Gasteiger partial charge on any atom is -0.492 e. The van der Waals surface area contributed by atoms with Gasteiger partial charge in [0.05, 0.1) is 12.2 Å². The van der Waals surface area contributed by atoms with Gasteiger partial charge in [-0.05, 0) is 18.1 Å². The fourth-order valence-electron chi connectivity index (χ4n) is 1.14. The first-order valence-corrected chi connectivity index (χ1v) is 4.78. The van der Waals surface area contributed by atoms with Crippen LogP contribution in [0.3, 0.4) is 0 Å². The van der Waals surface area contributed by atoms with E-state index in [1.807, 2.05) is 13.8 Å². The molecule has 1 aromatic carbocycles. The van der Waals surface area contributed by atoms with Crippen molar-refractivity contribution in [3.05, 3.63) is 29.6 Å². The van der Waals surface area contributed by atoms with Crippen molar-refractivity contribution in [1.29, 1.82) is 5.41 Å². The highest BCUT2D eigenvalue weighted by atomic mass is 19.1. The van der Waals surface area contributed by atoms with Crippen LogP contribution in [0.1, 0.15) is 19.4 Å². The monoisotopic (exact) mass is 210 g/mol. The van der Waals surface area contributed by atoms with Crippen LogP contribution in [0.25, 0.3) is 0 Å². The first-order chi connectivity index (χ1) is 7.02. The lowest BCUT2D eigenvalue weighted by atomic mass is 10.1. The van der Waals surface area contributed by atoms with Gasteiger partial charge in [-0.15, -0.1) is 0 Å². The van der Waals surface area contributed by atoms with Gasteiger partial charge >= 0.3 is 0 Å². The van der Waals surface area contributed by atoms with Gasteiger partial charge in [0.2, 0.25) is 0 Å². The Labute approximate surface area is 88.6 Å². The molecule has 0 radical (unpaired) electrons. The van der Waals surface area contributed by atoms with Crippen molar-refractivity contribution in [3.63, 3.8) is 0 Å². The summed E-state index contributed by atoms with van der Waals surface area (Å²) in [5, 5.41) is 7.26. The quantitative estimate of drug-likeness (QED) is 0.591. The van der Waals surface area contributed by atoms with E-state index in [0.29, 0.717) is 18.3 Å². The highest BCUT2D eigenvalue weighted by molar-refractivity contribution is 5.97. The van der Waals surface area contributed by atoms with E-state index >= 15 is 0 Å². The SMILES string of the molecule is CC(C)COc1cccc(F)c1C(=N)N. The van der Waals surface area contributed by atoms with Crippen LogP contribution >= 0.6 is 0 Å². The van der Waals surface area contributed by atoms with Gasteiger partial charge in [0.25, 0.3) is 0 Å². The third-order valence-corrected chi connectivity index (χ3v) is 1.82. The summed E-state index contributed by atoms with van der Waals surface area (Å²) in [5.74, 6) is -0.167. The predicted molar refractivity (Wildman–Crippen MR) is 57.7 cm³/mol. The van der Waals surface area contributed by atoms with Gasteiger partial charge in [0.15, 0.2) is 0 Å². The van der Waals surface area contributed by atoms with Crippen molar-refractivity contribution in [2.75, 3.05) is 6.61 Å². The van der Waals surface area contributed by atoms with E-state index < -0.39 is 5.82 Å². The van der Waals surface area contributed by atoms with Gasteiger partial charge in [-0.3, -0.25) is 5.41 Å². The first kappa shape index (κ1) is 11.5. The minimum atomic E-state index is -0.524. The number of nitrogen functional groups attached to an aromatic ring is 1. The second-order valence-electron chi connectivity index (χ2n) is 3.73. The molecule has 1 aromatic rings. The van der Waals surface area contributed by atoms with E-state index in [-0.39, 0.29) is 11.4 Å². The summed E-state index contributed by atoms with van der Waals surface area (Å²) in [5.41, 5.74) is 5.33. The number of halogens is 1. The van der Waals surface area contributed by atoms with Gasteiger partial charge in [-0.25, -0.2) is 4.39 Å². The Kier molecular flexibility index (Phi) is 3.66. The maximum absolute atomic E-state index is 13.3. The number of benzene rings is 1. The molecular weight excluding hydrogens is 195 g/mol. The van der Waals surface area contributed by atoms with Gasteiger partial charge in [-0.1, -0.05) is 19.9 Å². The Morgan fingerprint density at radius 2 is 2.20 bits per heavy atom. The normalized spacial score (nSPS) is 10.4. The average Bonchev–Trinajstić information content (AvgIpc) is 2.13. The number of hydrogen-bond donors (Lipinski definition) is 2. The van der Waals surface area contributed by atoms with Gasteiger partial charge in [0, 0.05) is 0 Å². The maximum Gasteiger partial charge on any atom is 0.137 e. The molecule has 0 aliphatic heterocycles. The predicted octanol–water partition coefficient (Wildman–Crippen LogP) is 2.14. The van der Waals surface area contributed by atoms with Crippen molar-refractivity contribution in [3.8, 4) is 5.75 Å².